The monoisotopic (exact) mass is 222 g/mol. The third-order valence-corrected chi connectivity index (χ3v) is 2.64. The summed E-state index contributed by atoms with van der Waals surface area (Å²) in [6.07, 6.45) is 2.08. The van der Waals surface area contributed by atoms with Crippen molar-refractivity contribution in [2.24, 2.45) is 0 Å². The Bertz CT molecular complexity index is 352. The zero-order valence-corrected chi connectivity index (χ0v) is 9.99. The third-order valence-electron chi connectivity index (χ3n) is 2.64. The molecule has 88 valence electrons. The minimum atomic E-state index is -1.57. The molecule has 0 heterocycles. The highest BCUT2D eigenvalue weighted by molar-refractivity contribution is 5.80. The highest BCUT2D eigenvalue weighted by Gasteiger charge is 2.33. The molecular weight excluding hydrogens is 204 g/mol. The third kappa shape index (κ3) is 2.61. The number of aryl methyl sites for hydroxylation is 1. The van der Waals surface area contributed by atoms with Crippen LogP contribution in [0.4, 0.5) is 0 Å². The highest BCUT2D eigenvalue weighted by atomic mass is 16.5. The van der Waals surface area contributed by atoms with Gasteiger partial charge in [0.1, 0.15) is 0 Å². The van der Waals surface area contributed by atoms with E-state index in [-0.39, 0.29) is 0 Å². The molecule has 1 rings (SSSR count). The summed E-state index contributed by atoms with van der Waals surface area (Å²) in [5.41, 5.74) is 0.186. The summed E-state index contributed by atoms with van der Waals surface area (Å²) in [4.78, 5) is 11.4. The maximum atomic E-state index is 11.4. The van der Waals surface area contributed by atoms with E-state index < -0.39 is 11.6 Å². The molecule has 1 N–H and O–H groups in total. The summed E-state index contributed by atoms with van der Waals surface area (Å²) < 4.78 is 4.56. The Morgan fingerprint density at radius 1 is 1.38 bits per heavy atom. The van der Waals surface area contributed by atoms with Gasteiger partial charge in [-0.15, -0.1) is 0 Å². The van der Waals surface area contributed by atoms with Crippen molar-refractivity contribution >= 4 is 5.97 Å². The second-order valence-corrected chi connectivity index (χ2v) is 4.01. The van der Waals surface area contributed by atoms with Crippen LogP contribution in [0.1, 0.15) is 31.4 Å². The van der Waals surface area contributed by atoms with Crippen LogP contribution in [0.25, 0.3) is 0 Å². The fourth-order valence-electron chi connectivity index (χ4n) is 1.60. The van der Waals surface area contributed by atoms with E-state index in [4.69, 9.17) is 0 Å². The number of esters is 1. The average Bonchev–Trinajstić information content (AvgIpc) is 2.29. The van der Waals surface area contributed by atoms with Crippen LogP contribution in [0, 0.1) is 0 Å². The minimum absolute atomic E-state index is 0.555. The van der Waals surface area contributed by atoms with Gasteiger partial charge in [0.2, 0.25) is 0 Å². The number of aliphatic hydroxyl groups is 1. The van der Waals surface area contributed by atoms with E-state index in [1.54, 1.807) is 12.1 Å². The maximum Gasteiger partial charge on any atom is 0.342 e. The molecule has 0 bridgehead atoms. The average molecular weight is 222 g/mol. The van der Waals surface area contributed by atoms with Gasteiger partial charge in [0.05, 0.1) is 7.11 Å². The van der Waals surface area contributed by atoms with Crippen LogP contribution in [0.15, 0.2) is 24.3 Å². The Morgan fingerprint density at radius 2 is 1.94 bits per heavy atom. The van der Waals surface area contributed by atoms with E-state index >= 15 is 0 Å². The molecule has 1 aromatic rings. The van der Waals surface area contributed by atoms with Gasteiger partial charge < -0.3 is 9.84 Å². The van der Waals surface area contributed by atoms with Gasteiger partial charge in [-0.05, 0) is 24.5 Å². The minimum Gasteiger partial charge on any atom is -0.467 e. The van der Waals surface area contributed by atoms with Crippen molar-refractivity contribution in [3.63, 3.8) is 0 Å². The second kappa shape index (κ2) is 5.12. The van der Waals surface area contributed by atoms with Crippen LogP contribution in [0.2, 0.25) is 0 Å². The summed E-state index contributed by atoms with van der Waals surface area (Å²) >= 11 is 0. The molecule has 0 aliphatic rings. The van der Waals surface area contributed by atoms with Crippen molar-refractivity contribution < 1.29 is 14.6 Å². The molecular formula is C13H18O3. The summed E-state index contributed by atoms with van der Waals surface area (Å²) in [7, 11) is 1.27. The molecule has 3 nitrogen and oxygen atoms in total. The van der Waals surface area contributed by atoms with E-state index in [1.165, 1.54) is 19.6 Å². The lowest BCUT2D eigenvalue weighted by Crippen LogP contribution is -2.33. The smallest absolute Gasteiger partial charge is 0.342 e. The Balaban J connectivity index is 2.92. The van der Waals surface area contributed by atoms with Gasteiger partial charge in [0, 0.05) is 0 Å². The first-order valence-corrected chi connectivity index (χ1v) is 5.42. The molecule has 0 fully saturated rings. The molecule has 1 aromatic carbocycles. The Labute approximate surface area is 96.1 Å². The van der Waals surface area contributed by atoms with Crippen LogP contribution in [0.3, 0.4) is 0 Å². The maximum absolute atomic E-state index is 11.4. The van der Waals surface area contributed by atoms with E-state index in [1.807, 2.05) is 12.1 Å². The molecule has 1 unspecified atom stereocenters. The molecule has 16 heavy (non-hydrogen) atoms. The first-order valence-electron chi connectivity index (χ1n) is 5.42. The van der Waals surface area contributed by atoms with Crippen molar-refractivity contribution in [1.82, 2.24) is 0 Å². The highest BCUT2D eigenvalue weighted by Crippen LogP contribution is 2.22. The van der Waals surface area contributed by atoms with E-state index in [9.17, 15) is 9.90 Å². The Morgan fingerprint density at radius 3 is 2.38 bits per heavy atom. The molecule has 0 aromatic heterocycles. The SMILES string of the molecule is CCCc1ccc(C(C)(O)C(=O)OC)cc1. The lowest BCUT2D eigenvalue weighted by molar-refractivity contribution is -0.161. The van der Waals surface area contributed by atoms with Gasteiger partial charge in [-0.25, -0.2) is 4.79 Å². The van der Waals surface area contributed by atoms with Crippen LogP contribution < -0.4 is 0 Å². The van der Waals surface area contributed by atoms with E-state index in [0.717, 1.165) is 12.8 Å². The molecule has 0 aliphatic carbocycles. The van der Waals surface area contributed by atoms with E-state index in [2.05, 4.69) is 11.7 Å². The van der Waals surface area contributed by atoms with Crippen molar-refractivity contribution in [1.29, 1.82) is 0 Å². The first-order chi connectivity index (χ1) is 7.52. The van der Waals surface area contributed by atoms with E-state index in [0.29, 0.717) is 5.56 Å². The summed E-state index contributed by atoms with van der Waals surface area (Å²) in [5, 5.41) is 10.0. The standard InChI is InChI=1S/C13H18O3/c1-4-5-10-6-8-11(9-7-10)13(2,15)12(14)16-3/h6-9,15H,4-5H2,1-3H3. The number of rotatable bonds is 4. The quantitative estimate of drug-likeness (QED) is 0.793. The lowest BCUT2D eigenvalue weighted by Gasteiger charge is -2.20. The molecule has 3 heteroatoms. The molecule has 0 radical (unpaired) electrons. The van der Waals surface area contributed by atoms with Gasteiger partial charge in [-0.2, -0.15) is 0 Å². The Hall–Kier alpha value is -1.35. The molecule has 0 spiro atoms. The summed E-state index contributed by atoms with van der Waals surface area (Å²) in [6, 6.07) is 7.39. The molecule has 1 atom stereocenters. The second-order valence-electron chi connectivity index (χ2n) is 4.01. The van der Waals surface area contributed by atoms with Crippen LogP contribution in [0.5, 0.6) is 0 Å². The summed E-state index contributed by atoms with van der Waals surface area (Å²) in [5.74, 6) is -0.643. The van der Waals surface area contributed by atoms with Gasteiger partial charge >= 0.3 is 5.97 Å². The van der Waals surface area contributed by atoms with Crippen molar-refractivity contribution in [3.05, 3.63) is 35.4 Å². The number of ether oxygens (including phenoxy) is 1. The molecule has 0 aliphatic heterocycles. The summed E-state index contributed by atoms with van der Waals surface area (Å²) in [6.45, 7) is 3.55. The first kappa shape index (κ1) is 12.7. The number of hydrogen-bond acceptors (Lipinski definition) is 3. The topological polar surface area (TPSA) is 46.5 Å². The van der Waals surface area contributed by atoms with Crippen molar-refractivity contribution in [3.8, 4) is 0 Å². The van der Waals surface area contributed by atoms with Crippen molar-refractivity contribution in [2.45, 2.75) is 32.3 Å². The number of hydrogen-bond donors (Lipinski definition) is 1. The number of carbonyl (C=O) groups is 1. The van der Waals surface area contributed by atoms with Crippen LogP contribution in [-0.2, 0) is 21.6 Å². The number of benzene rings is 1. The Kier molecular flexibility index (Phi) is 4.07. The number of carbonyl (C=O) groups excluding carboxylic acids is 1. The van der Waals surface area contributed by atoms with Crippen molar-refractivity contribution in [2.75, 3.05) is 7.11 Å². The lowest BCUT2D eigenvalue weighted by atomic mass is 9.94. The zero-order chi connectivity index (χ0) is 12.2. The molecule has 0 amide bonds. The van der Waals surface area contributed by atoms with Crippen LogP contribution >= 0.6 is 0 Å². The van der Waals surface area contributed by atoms with Gasteiger partial charge in [0.15, 0.2) is 5.60 Å². The fraction of sp³-hybridized carbons (Fsp3) is 0.462. The largest absolute Gasteiger partial charge is 0.467 e. The molecule has 0 saturated carbocycles. The predicted molar refractivity (Wildman–Crippen MR) is 62.0 cm³/mol. The predicted octanol–water partition coefficient (Wildman–Crippen LogP) is 2.02. The fourth-order valence-corrected chi connectivity index (χ4v) is 1.60. The van der Waals surface area contributed by atoms with Gasteiger partial charge in [0.25, 0.3) is 0 Å². The molecule has 0 saturated heterocycles. The van der Waals surface area contributed by atoms with Crippen LogP contribution in [-0.4, -0.2) is 18.2 Å². The zero-order valence-electron chi connectivity index (χ0n) is 9.99. The number of methoxy groups -OCH3 is 1. The van der Waals surface area contributed by atoms with Gasteiger partial charge in [-0.3, -0.25) is 0 Å². The normalized spacial score (nSPS) is 14.2. The van der Waals surface area contributed by atoms with Gasteiger partial charge in [-0.1, -0.05) is 37.6 Å².